The fourth-order valence-electron chi connectivity index (χ4n) is 4.04. The maximum Gasteiger partial charge on any atom is 0.320 e. The highest BCUT2D eigenvalue weighted by molar-refractivity contribution is 5.88. The quantitative estimate of drug-likeness (QED) is 0.569. The Kier molecular flexibility index (Phi) is 6.59. The van der Waals surface area contributed by atoms with Gasteiger partial charge >= 0.3 is 12.0 Å². The topological polar surface area (TPSA) is 99.5 Å². The fraction of sp³-hybridized carbons (Fsp3) is 0.750. The van der Waals surface area contributed by atoms with Crippen molar-refractivity contribution >= 4 is 17.8 Å². The van der Waals surface area contributed by atoms with Gasteiger partial charge in [-0.1, -0.05) is 13.8 Å². The third-order valence-electron chi connectivity index (χ3n) is 5.63. The maximum absolute atomic E-state index is 12.4. The second-order valence-corrected chi connectivity index (χ2v) is 8.83. The first-order valence-electron chi connectivity index (χ1n) is 10.4. The summed E-state index contributed by atoms with van der Waals surface area (Å²) in [6.07, 6.45) is 6.70. The smallest absolute Gasteiger partial charge is 0.320 e. The lowest BCUT2D eigenvalue weighted by Gasteiger charge is -2.42. The molecule has 2 saturated carbocycles. The summed E-state index contributed by atoms with van der Waals surface area (Å²) in [5.74, 6) is 1.13. The van der Waals surface area contributed by atoms with Crippen molar-refractivity contribution in [1.82, 2.24) is 20.0 Å². The van der Waals surface area contributed by atoms with E-state index in [1.807, 2.05) is 10.7 Å². The van der Waals surface area contributed by atoms with Crippen molar-refractivity contribution in [1.29, 1.82) is 0 Å². The third kappa shape index (κ3) is 5.70. The van der Waals surface area contributed by atoms with Crippen molar-refractivity contribution < 1.29 is 14.7 Å². The van der Waals surface area contributed by atoms with Gasteiger partial charge in [-0.2, -0.15) is 5.10 Å². The molecule has 8 heteroatoms. The van der Waals surface area contributed by atoms with Gasteiger partial charge in [0.05, 0.1) is 18.8 Å². The van der Waals surface area contributed by atoms with Crippen molar-refractivity contribution in [3.8, 4) is 0 Å². The predicted molar refractivity (Wildman–Crippen MR) is 107 cm³/mol. The molecular weight excluding hydrogens is 358 g/mol. The Hall–Kier alpha value is -2.09. The molecule has 3 rings (SSSR count). The van der Waals surface area contributed by atoms with Crippen molar-refractivity contribution in [2.45, 2.75) is 71.0 Å². The standard InChI is InChI=1S/C20H33N5O3/c1-13(2)8-14(3)25-18(6-7-21-25)23-20(28)22-16-9-17(10-16)24(12-19(26)27)11-15-4-5-15/h6-7,13-17H,4-5,8-12H2,1-3H3,(H,26,27)(H2,22,23,28). The molecule has 0 bridgehead atoms. The molecule has 0 spiro atoms. The van der Waals surface area contributed by atoms with E-state index in [-0.39, 0.29) is 30.7 Å². The predicted octanol–water partition coefficient (Wildman–Crippen LogP) is 2.94. The zero-order valence-corrected chi connectivity index (χ0v) is 17.1. The molecule has 1 unspecified atom stereocenters. The number of nitrogens with one attached hydrogen (secondary N) is 2. The lowest BCUT2D eigenvalue weighted by molar-refractivity contribution is -0.139. The monoisotopic (exact) mass is 391 g/mol. The molecule has 1 atom stereocenters. The van der Waals surface area contributed by atoms with Gasteiger partial charge in [-0.05, 0) is 50.9 Å². The first-order valence-corrected chi connectivity index (χ1v) is 10.4. The van der Waals surface area contributed by atoms with E-state index in [4.69, 9.17) is 5.11 Å². The number of hydrogen-bond acceptors (Lipinski definition) is 4. The number of aromatic nitrogens is 2. The molecule has 1 heterocycles. The van der Waals surface area contributed by atoms with Gasteiger partial charge in [-0.3, -0.25) is 15.0 Å². The Morgan fingerprint density at radius 2 is 2.04 bits per heavy atom. The van der Waals surface area contributed by atoms with Crippen molar-refractivity contribution in [3.05, 3.63) is 12.3 Å². The molecule has 1 aromatic heterocycles. The molecule has 2 amide bonds. The van der Waals surface area contributed by atoms with E-state index in [9.17, 15) is 9.59 Å². The van der Waals surface area contributed by atoms with Gasteiger partial charge in [-0.25, -0.2) is 9.48 Å². The maximum atomic E-state index is 12.4. The molecule has 0 radical (unpaired) electrons. The van der Waals surface area contributed by atoms with Crippen LogP contribution < -0.4 is 10.6 Å². The van der Waals surface area contributed by atoms with Crippen molar-refractivity contribution in [3.63, 3.8) is 0 Å². The van der Waals surface area contributed by atoms with Gasteiger partial charge in [0.2, 0.25) is 0 Å². The molecule has 0 saturated heterocycles. The zero-order valence-electron chi connectivity index (χ0n) is 17.1. The van der Waals surface area contributed by atoms with E-state index in [1.165, 1.54) is 12.8 Å². The minimum absolute atomic E-state index is 0.0879. The van der Waals surface area contributed by atoms with Crippen LogP contribution >= 0.6 is 0 Å². The van der Waals surface area contributed by atoms with Gasteiger partial charge in [-0.15, -0.1) is 0 Å². The SMILES string of the molecule is CC(C)CC(C)n1nccc1NC(=O)NC1CC(N(CC(=O)O)CC2CC2)C1. The molecule has 2 aliphatic carbocycles. The summed E-state index contributed by atoms with van der Waals surface area (Å²) in [5.41, 5.74) is 0. The Balaban J connectivity index is 1.45. The number of carbonyl (C=O) groups is 2. The Labute approximate surface area is 166 Å². The number of carboxylic acid groups (broad SMARTS) is 1. The number of carboxylic acids is 1. The molecule has 2 fully saturated rings. The molecule has 0 aromatic carbocycles. The Morgan fingerprint density at radius 3 is 2.64 bits per heavy atom. The van der Waals surface area contributed by atoms with Gasteiger partial charge in [0.25, 0.3) is 0 Å². The van der Waals surface area contributed by atoms with Crippen LogP contribution in [0.1, 0.15) is 58.9 Å². The van der Waals surface area contributed by atoms with Crippen LogP contribution in [-0.4, -0.2) is 57.0 Å². The van der Waals surface area contributed by atoms with E-state index in [1.54, 1.807) is 6.20 Å². The summed E-state index contributed by atoms with van der Waals surface area (Å²) in [6, 6.07) is 2.13. The van der Waals surface area contributed by atoms with Crippen LogP contribution in [0.4, 0.5) is 10.6 Å². The van der Waals surface area contributed by atoms with E-state index in [2.05, 4.69) is 41.4 Å². The molecule has 8 nitrogen and oxygen atoms in total. The summed E-state index contributed by atoms with van der Waals surface area (Å²) in [4.78, 5) is 25.6. The minimum atomic E-state index is -0.779. The second-order valence-electron chi connectivity index (χ2n) is 8.83. The number of urea groups is 1. The molecule has 28 heavy (non-hydrogen) atoms. The van der Waals surface area contributed by atoms with E-state index in [0.29, 0.717) is 17.7 Å². The first kappa shape index (κ1) is 20.6. The largest absolute Gasteiger partial charge is 0.480 e. The lowest BCUT2D eigenvalue weighted by Crippen LogP contribution is -2.56. The van der Waals surface area contributed by atoms with Crippen LogP contribution in [0.5, 0.6) is 0 Å². The highest BCUT2D eigenvalue weighted by Gasteiger charge is 2.37. The van der Waals surface area contributed by atoms with Crippen molar-refractivity contribution in [2.24, 2.45) is 11.8 Å². The summed E-state index contributed by atoms with van der Waals surface area (Å²) in [7, 11) is 0. The molecule has 2 aliphatic rings. The van der Waals surface area contributed by atoms with Crippen LogP contribution in [-0.2, 0) is 4.79 Å². The van der Waals surface area contributed by atoms with Crippen LogP contribution in [0.2, 0.25) is 0 Å². The van der Waals surface area contributed by atoms with Gasteiger partial charge in [0, 0.05) is 24.7 Å². The first-order chi connectivity index (χ1) is 13.3. The number of anilines is 1. The van der Waals surface area contributed by atoms with E-state index < -0.39 is 5.97 Å². The summed E-state index contributed by atoms with van der Waals surface area (Å²) < 4.78 is 1.85. The van der Waals surface area contributed by atoms with Crippen LogP contribution in [0.15, 0.2) is 12.3 Å². The molecule has 156 valence electrons. The Bertz CT molecular complexity index is 679. The van der Waals surface area contributed by atoms with Gasteiger partial charge < -0.3 is 10.4 Å². The summed E-state index contributed by atoms with van der Waals surface area (Å²) in [6.45, 7) is 7.40. The highest BCUT2D eigenvalue weighted by Crippen LogP contribution is 2.33. The van der Waals surface area contributed by atoms with E-state index in [0.717, 1.165) is 25.8 Å². The number of carbonyl (C=O) groups excluding carboxylic acids is 1. The van der Waals surface area contributed by atoms with Crippen LogP contribution in [0.25, 0.3) is 0 Å². The molecule has 1 aromatic rings. The number of rotatable bonds is 10. The minimum Gasteiger partial charge on any atom is -0.480 e. The number of amides is 2. The molecular formula is C20H33N5O3. The number of hydrogen-bond donors (Lipinski definition) is 3. The van der Waals surface area contributed by atoms with Gasteiger partial charge in [0.15, 0.2) is 0 Å². The Morgan fingerprint density at radius 1 is 1.32 bits per heavy atom. The fourth-order valence-corrected chi connectivity index (χ4v) is 4.04. The van der Waals surface area contributed by atoms with E-state index >= 15 is 0 Å². The molecule has 3 N–H and O–H groups in total. The number of aliphatic carboxylic acids is 1. The average Bonchev–Trinajstić information content (AvgIpc) is 3.24. The molecule has 0 aliphatic heterocycles. The second kappa shape index (κ2) is 8.94. The number of nitrogens with zero attached hydrogens (tertiary/aromatic N) is 3. The summed E-state index contributed by atoms with van der Waals surface area (Å²) in [5, 5.41) is 19.4. The van der Waals surface area contributed by atoms with Crippen LogP contribution in [0.3, 0.4) is 0 Å². The normalized spacial score (nSPS) is 22.8. The zero-order chi connectivity index (χ0) is 20.3. The van der Waals surface area contributed by atoms with Gasteiger partial charge in [0.1, 0.15) is 5.82 Å². The lowest BCUT2D eigenvalue weighted by atomic mass is 9.85. The highest BCUT2D eigenvalue weighted by atomic mass is 16.4. The third-order valence-corrected chi connectivity index (χ3v) is 5.63. The summed E-state index contributed by atoms with van der Waals surface area (Å²) >= 11 is 0. The average molecular weight is 392 g/mol. The van der Waals surface area contributed by atoms with Crippen LogP contribution in [0, 0.1) is 11.8 Å². The van der Waals surface area contributed by atoms with Crippen molar-refractivity contribution in [2.75, 3.05) is 18.4 Å².